The number of benzene rings is 2. The molecule has 0 unspecified atom stereocenters. The van der Waals surface area contributed by atoms with Gasteiger partial charge in [-0.3, -0.25) is 0 Å². The van der Waals surface area contributed by atoms with Crippen LogP contribution < -0.4 is 0 Å². The van der Waals surface area contributed by atoms with Crippen LogP contribution in [0, 0.1) is 6.92 Å². The van der Waals surface area contributed by atoms with Gasteiger partial charge in [-0.05, 0) is 31.5 Å². The Labute approximate surface area is 108 Å². The maximum Gasteiger partial charge on any atom is 0.0491 e. The van der Waals surface area contributed by atoms with Gasteiger partial charge in [0.2, 0.25) is 0 Å². The van der Waals surface area contributed by atoms with Crippen molar-refractivity contribution in [3.63, 3.8) is 0 Å². The Morgan fingerprint density at radius 3 is 2.33 bits per heavy atom. The third-order valence-corrected chi connectivity index (χ3v) is 3.07. The van der Waals surface area contributed by atoms with Crippen LogP contribution in [0.5, 0.6) is 0 Å². The highest BCUT2D eigenvalue weighted by Gasteiger charge is 2.06. The summed E-state index contributed by atoms with van der Waals surface area (Å²) in [5.74, 6) is 0. The lowest BCUT2D eigenvalue weighted by Crippen LogP contribution is -1.86. The Morgan fingerprint density at radius 1 is 1.00 bits per heavy atom. The minimum absolute atomic E-state index is 1.30. The number of para-hydroxylation sites is 1. The fourth-order valence-corrected chi connectivity index (χ4v) is 2.27. The molecule has 1 nitrogen and oxygen atoms in total. The van der Waals surface area contributed by atoms with Crippen molar-refractivity contribution >= 4 is 21.8 Å². The molecule has 1 aromatic heterocycles. The number of nitrogens with zero attached hydrogens (tertiary/aromatic N) is 1. The molecule has 0 N–H and O–H groups in total. The van der Waals surface area contributed by atoms with Crippen LogP contribution in [0.25, 0.3) is 21.8 Å². The van der Waals surface area contributed by atoms with Crippen LogP contribution in [-0.4, -0.2) is 4.57 Å². The fraction of sp³-hybridized carbons (Fsp3) is 0.176. The maximum absolute atomic E-state index is 3.36. The monoisotopic (exact) mass is 237 g/mol. The van der Waals surface area contributed by atoms with Gasteiger partial charge in [-0.25, -0.2) is 0 Å². The molecular weight excluding hydrogens is 218 g/mol. The van der Waals surface area contributed by atoms with Crippen LogP contribution in [0.1, 0.15) is 12.5 Å². The van der Waals surface area contributed by atoms with Crippen LogP contribution in [0.2, 0.25) is 0 Å². The summed E-state index contributed by atoms with van der Waals surface area (Å²) < 4.78 is 2.26. The molecule has 0 aliphatic heterocycles. The van der Waals surface area contributed by atoms with Gasteiger partial charge in [0.25, 0.3) is 0 Å². The van der Waals surface area contributed by atoms with Gasteiger partial charge in [-0.15, -0.1) is 6.58 Å². The zero-order chi connectivity index (χ0) is 13.1. The fourth-order valence-electron chi connectivity index (χ4n) is 2.27. The largest absolute Gasteiger partial charge is 0.344 e. The van der Waals surface area contributed by atoms with Crippen LogP contribution >= 0.6 is 0 Å². The Balaban J connectivity index is 0.000000367. The molecule has 0 aliphatic carbocycles. The lowest BCUT2D eigenvalue weighted by Gasteiger charge is -1.97. The van der Waals surface area contributed by atoms with Crippen LogP contribution in [0.15, 0.2) is 55.1 Å². The average Bonchev–Trinajstić information content (AvgIpc) is 2.65. The lowest BCUT2D eigenvalue weighted by atomic mass is 10.1. The van der Waals surface area contributed by atoms with Crippen LogP contribution in [-0.2, 0) is 7.05 Å². The van der Waals surface area contributed by atoms with Crippen molar-refractivity contribution in [1.29, 1.82) is 0 Å². The minimum atomic E-state index is 1.30. The van der Waals surface area contributed by atoms with Gasteiger partial charge in [0.05, 0.1) is 0 Å². The predicted molar refractivity (Wildman–Crippen MR) is 81.0 cm³/mol. The minimum Gasteiger partial charge on any atom is -0.344 e. The molecule has 3 aromatic rings. The molecule has 0 fully saturated rings. The highest BCUT2D eigenvalue weighted by Crippen LogP contribution is 2.28. The van der Waals surface area contributed by atoms with Gasteiger partial charge in [0, 0.05) is 28.9 Å². The summed E-state index contributed by atoms with van der Waals surface area (Å²) in [5, 5.41) is 2.69. The third-order valence-electron chi connectivity index (χ3n) is 3.07. The van der Waals surface area contributed by atoms with Crippen molar-refractivity contribution in [2.45, 2.75) is 13.8 Å². The molecule has 0 bridgehead atoms. The summed E-state index contributed by atoms with van der Waals surface area (Å²) in [6, 6.07) is 15.2. The van der Waals surface area contributed by atoms with Gasteiger partial charge < -0.3 is 4.57 Å². The highest BCUT2D eigenvalue weighted by atomic mass is 14.9. The first-order valence-corrected chi connectivity index (χ1v) is 6.20. The van der Waals surface area contributed by atoms with E-state index in [2.05, 4.69) is 67.6 Å². The average molecular weight is 237 g/mol. The van der Waals surface area contributed by atoms with Crippen molar-refractivity contribution in [3.8, 4) is 0 Å². The van der Waals surface area contributed by atoms with E-state index >= 15 is 0 Å². The smallest absolute Gasteiger partial charge is 0.0491 e. The zero-order valence-corrected chi connectivity index (χ0v) is 11.3. The summed E-state index contributed by atoms with van der Waals surface area (Å²) in [5.41, 5.74) is 3.93. The van der Waals surface area contributed by atoms with E-state index < -0.39 is 0 Å². The summed E-state index contributed by atoms with van der Waals surface area (Å²) >= 11 is 0. The molecule has 2 aromatic carbocycles. The van der Waals surface area contributed by atoms with Gasteiger partial charge in [0.1, 0.15) is 0 Å². The van der Waals surface area contributed by atoms with Crippen molar-refractivity contribution in [1.82, 2.24) is 4.57 Å². The van der Waals surface area contributed by atoms with Crippen LogP contribution in [0.4, 0.5) is 0 Å². The topological polar surface area (TPSA) is 4.93 Å². The van der Waals surface area contributed by atoms with E-state index in [-0.39, 0.29) is 0 Å². The molecule has 92 valence electrons. The number of hydrogen-bond acceptors (Lipinski definition) is 0. The molecule has 0 saturated carbocycles. The summed E-state index contributed by atoms with van der Waals surface area (Å²) in [7, 11) is 2.13. The number of hydrogen-bond donors (Lipinski definition) is 0. The van der Waals surface area contributed by atoms with E-state index in [1.807, 2.05) is 6.92 Å². The normalized spacial score (nSPS) is 10.2. The molecule has 18 heavy (non-hydrogen) atoms. The standard InChI is InChI=1S/C14H13N.C3H6/c1-10-7-8-12-11-5-3-4-6-13(11)15(2)14(12)9-10;1-3-2/h3-9H,1-2H3;3H,1H2,2H3. The SMILES string of the molecule is C=CC.Cc1ccc2c3ccccc3n(C)c2c1. The van der Waals surface area contributed by atoms with E-state index in [1.54, 1.807) is 6.08 Å². The zero-order valence-electron chi connectivity index (χ0n) is 11.3. The third kappa shape index (κ3) is 2.04. The van der Waals surface area contributed by atoms with Gasteiger partial charge in [0.15, 0.2) is 0 Å². The van der Waals surface area contributed by atoms with Gasteiger partial charge in [-0.2, -0.15) is 0 Å². The molecule has 0 spiro atoms. The number of aromatic nitrogens is 1. The molecule has 0 aliphatic rings. The second-order valence-electron chi connectivity index (χ2n) is 4.51. The van der Waals surface area contributed by atoms with Crippen LogP contribution in [0.3, 0.4) is 0 Å². The Kier molecular flexibility index (Phi) is 3.52. The van der Waals surface area contributed by atoms with Gasteiger partial charge >= 0.3 is 0 Å². The predicted octanol–water partition coefficient (Wildman–Crippen LogP) is 4.83. The molecular formula is C17H19N. The second kappa shape index (κ2) is 5.09. The lowest BCUT2D eigenvalue weighted by molar-refractivity contribution is 1.01. The van der Waals surface area contributed by atoms with E-state index in [9.17, 15) is 0 Å². The molecule has 0 atom stereocenters. The molecule has 0 amide bonds. The van der Waals surface area contributed by atoms with Crippen molar-refractivity contribution in [3.05, 3.63) is 60.7 Å². The number of rotatable bonds is 0. The summed E-state index contributed by atoms with van der Waals surface area (Å²) in [4.78, 5) is 0. The second-order valence-corrected chi connectivity index (χ2v) is 4.51. The number of aryl methyl sites for hydroxylation is 2. The van der Waals surface area contributed by atoms with E-state index in [4.69, 9.17) is 0 Å². The molecule has 0 radical (unpaired) electrons. The Hall–Kier alpha value is -2.02. The van der Waals surface area contributed by atoms with Crippen molar-refractivity contribution < 1.29 is 0 Å². The van der Waals surface area contributed by atoms with Gasteiger partial charge in [-0.1, -0.05) is 36.4 Å². The molecule has 1 heterocycles. The molecule has 0 saturated heterocycles. The Bertz CT molecular complexity index is 689. The Morgan fingerprint density at radius 2 is 1.61 bits per heavy atom. The quantitative estimate of drug-likeness (QED) is 0.493. The first-order chi connectivity index (χ1) is 8.69. The van der Waals surface area contributed by atoms with E-state index in [0.717, 1.165) is 0 Å². The first kappa shape index (κ1) is 12.4. The molecule has 1 heteroatoms. The van der Waals surface area contributed by atoms with Crippen molar-refractivity contribution in [2.75, 3.05) is 0 Å². The van der Waals surface area contributed by atoms with E-state index in [0.29, 0.717) is 0 Å². The maximum atomic E-state index is 3.36. The van der Waals surface area contributed by atoms with Crippen molar-refractivity contribution in [2.24, 2.45) is 7.05 Å². The van der Waals surface area contributed by atoms with E-state index in [1.165, 1.54) is 27.4 Å². The summed E-state index contributed by atoms with van der Waals surface area (Å²) in [6.07, 6.45) is 1.75. The number of fused-ring (bicyclic) bond motifs is 3. The molecule has 3 rings (SSSR count). The highest BCUT2D eigenvalue weighted by molar-refractivity contribution is 6.08. The number of allylic oxidation sites excluding steroid dienone is 1. The first-order valence-electron chi connectivity index (χ1n) is 6.20. The summed E-state index contributed by atoms with van der Waals surface area (Å²) in [6.45, 7) is 7.39.